The molecule has 4 nitrogen and oxygen atoms in total. The molecule has 0 amide bonds. The molecule has 0 bridgehead atoms. The Morgan fingerprint density at radius 3 is 0.592 bits per heavy atom. The zero-order valence-electron chi connectivity index (χ0n) is 49.4. The van der Waals surface area contributed by atoms with E-state index in [2.05, 4.69) is 32.2 Å². The molecule has 5 heteroatoms. The monoisotopic (exact) mass is 997 g/mol. The van der Waals surface area contributed by atoms with Gasteiger partial charge in [-0.15, -0.1) is 5.46 Å². The average Bonchev–Trinajstić information content (AvgIpc) is 3.38. The fourth-order valence-electron chi connectivity index (χ4n) is 10.2. The number of hydrogen-bond donors (Lipinski definition) is 2. The molecule has 0 aliphatic rings. The topological polar surface area (TPSA) is 101 Å². The molecule has 1 aromatic carbocycles. The third-order valence-corrected chi connectivity index (χ3v) is 15.3. The van der Waals surface area contributed by atoms with Crippen molar-refractivity contribution in [2.75, 3.05) is 13.1 Å². The van der Waals surface area contributed by atoms with Gasteiger partial charge in [-0.25, -0.2) is 0 Å². The number of unbranched alkanes of at least 4 members (excludes halogenated alkanes) is 51. The minimum absolute atomic E-state index is 0.353. The van der Waals surface area contributed by atoms with Crippen LogP contribution in [0.25, 0.3) is 0 Å². The fourth-order valence-corrected chi connectivity index (χ4v) is 10.2. The lowest BCUT2D eigenvalue weighted by Crippen LogP contribution is -2.55. The maximum absolute atomic E-state index is 10.8. The average molecular weight is 998 g/mol. The van der Waals surface area contributed by atoms with Crippen molar-refractivity contribution in [3.8, 4) is 0 Å². The van der Waals surface area contributed by atoms with Crippen LogP contribution in [0.5, 0.6) is 0 Å². The van der Waals surface area contributed by atoms with E-state index in [0.717, 1.165) is 19.5 Å². The van der Waals surface area contributed by atoms with Crippen LogP contribution in [-0.2, 0) is 6.42 Å². The summed E-state index contributed by atoms with van der Waals surface area (Å²) in [4.78, 5) is 0. The molecule has 0 aliphatic heterocycles. The second kappa shape index (κ2) is 67.1. The van der Waals surface area contributed by atoms with Crippen LogP contribution in [0.1, 0.15) is 373 Å². The molecule has 0 saturated carbocycles. The molecule has 1 aromatic rings. The lowest BCUT2D eigenvalue weighted by atomic mass is 9.80. The van der Waals surface area contributed by atoms with Gasteiger partial charge in [0.1, 0.15) is 0 Å². The first-order valence-electron chi connectivity index (χ1n) is 33.1. The van der Waals surface area contributed by atoms with E-state index in [4.69, 9.17) is 0 Å². The Balaban J connectivity index is 0. The van der Waals surface area contributed by atoms with Crippen LogP contribution in [0.4, 0.5) is 0 Å². The van der Waals surface area contributed by atoms with Crippen LogP contribution in [0.3, 0.4) is 0 Å². The van der Waals surface area contributed by atoms with Gasteiger partial charge in [-0.1, -0.05) is 367 Å². The van der Waals surface area contributed by atoms with E-state index in [1.165, 1.54) is 352 Å². The zero-order chi connectivity index (χ0) is 51.9. The van der Waals surface area contributed by atoms with Crippen molar-refractivity contribution >= 4 is 12.6 Å². The lowest BCUT2D eigenvalue weighted by molar-refractivity contribution is -0.368. The van der Waals surface area contributed by atoms with E-state index in [9.17, 15) is 10.0 Å². The molecule has 6 N–H and O–H groups in total. The molecule has 0 spiro atoms. The highest BCUT2D eigenvalue weighted by Gasteiger charge is 1.99. The van der Waals surface area contributed by atoms with E-state index in [1.54, 1.807) is 12.1 Å². The Morgan fingerprint density at radius 1 is 0.254 bits per heavy atom. The molecule has 1 rings (SSSR count). The minimum Gasteiger partial charge on any atom is -0.889 e. The standard InChI is InChI=1S/C26H45BO2.2C20H43N/c1-2-3-4-5-6-7-8-9-10-11-12-13-14-15-16-17-18-19-20-25-21-23-26(24-22-25)27(28)29;2*1-2-3-4-5-6-7-8-9-10-11-12-13-14-15-16-17-18-19-20-21/h21-24H,2-20H2,1H3;2*2-21H2,1H3/q-2;;/p+2. The third kappa shape index (κ3) is 65.2. The van der Waals surface area contributed by atoms with Crippen molar-refractivity contribution in [3.63, 3.8) is 0 Å². The molecule has 71 heavy (non-hydrogen) atoms. The largest absolute Gasteiger partial charge is 0.889 e. The van der Waals surface area contributed by atoms with Crippen molar-refractivity contribution in [1.29, 1.82) is 0 Å². The van der Waals surface area contributed by atoms with Crippen molar-refractivity contribution in [2.45, 2.75) is 374 Å². The fraction of sp³-hybridized carbons (Fsp3) is 0.909. The zero-order valence-corrected chi connectivity index (χ0v) is 49.4. The predicted octanol–water partition coefficient (Wildman–Crippen LogP) is 18.2. The summed E-state index contributed by atoms with van der Waals surface area (Å²) >= 11 is 0. The van der Waals surface area contributed by atoms with E-state index < -0.39 is 7.12 Å². The SMILES string of the molecule is CCCCCCCCCCCCCCCCCCCC[NH3+].CCCCCCCCCCCCCCCCCCCC[NH3+].CCCCCCCCCCCCCCCCCCCCc1ccc(B([O-])[O-])cc1. The normalized spacial score (nSPS) is 11.1. The maximum atomic E-state index is 10.8. The second-order valence-electron chi connectivity index (χ2n) is 22.6. The quantitative estimate of drug-likeness (QED) is 0.0502. The number of benzene rings is 1. The summed E-state index contributed by atoms with van der Waals surface area (Å²) in [5, 5.41) is 21.6. The summed E-state index contributed by atoms with van der Waals surface area (Å²) in [6, 6.07) is 7.25. The summed E-state index contributed by atoms with van der Waals surface area (Å²) in [7, 11) is -1.85. The van der Waals surface area contributed by atoms with Gasteiger partial charge in [0.25, 0.3) is 0 Å². The van der Waals surface area contributed by atoms with Gasteiger partial charge in [0.2, 0.25) is 0 Å². The Bertz CT molecular complexity index is 963. The predicted molar refractivity (Wildman–Crippen MR) is 317 cm³/mol. The highest BCUT2D eigenvalue weighted by atomic mass is 16.4. The minimum atomic E-state index is -1.85. The lowest BCUT2D eigenvalue weighted by Gasteiger charge is -2.26. The molecule has 0 atom stereocenters. The summed E-state index contributed by atoms with van der Waals surface area (Å²) < 4.78 is 0. The molecule has 0 fully saturated rings. The van der Waals surface area contributed by atoms with Crippen LogP contribution in [-0.4, -0.2) is 20.2 Å². The van der Waals surface area contributed by atoms with Crippen LogP contribution in [0.15, 0.2) is 24.3 Å². The number of aryl methyl sites for hydroxylation is 1. The molecule has 0 radical (unpaired) electrons. The molecule has 0 heterocycles. The van der Waals surface area contributed by atoms with Gasteiger partial charge in [-0.05, 0) is 44.1 Å². The molecular formula is C66H133BN2O2. The van der Waals surface area contributed by atoms with Crippen molar-refractivity contribution in [1.82, 2.24) is 0 Å². The van der Waals surface area contributed by atoms with Gasteiger partial charge in [-0.2, -0.15) is 0 Å². The summed E-state index contributed by atoms with van der Waals surface area (Å²) in [6.45, 7) is 9.12. The first-order valence-corrected chi connectivity index (χ1v) is 33.1. The van der Waals surface area contributed by atoms with Crippen LogP contribution in [0.2, 0.25) is 0 Å². The van der Waals surface area contributed by atoms with Crippen molar-refractivity contribution in [2.24, 2.45) is 0 Å². The van der Waals surface area contributed by atoms with E-state index in [1.807, 2.05) is 12.1 Å². The second-order valence-corrected chi connectivity index (χ2v) is 22.6. The van der Waals surface area contributed by atoms with E-state index in [-0.39, 0.29) is 0 Å². The Kier molecular flexibility index (Phi) is 68.3. The molecule has 422 valence electrons. The number of hydrogen-bond acceptors (Lipinski definition) is 2. The maximum Gasteiger partial charge on any atom is 0.0739 e. The van der Waals surface area contributed by atoms with Gasteiger partial charge in [0, 0.05) is 0 Å². The number of rotatable bonds is 56. The number of quaternary nitrogens is 2. The first-order chi connectivity index (χ1) is 35.1. The summed E-state index contributed by atoms with van der Waals surface area (Å²) in [5.41, 5.74) is 9.39. The van der Waals surface area contributed by atoms with Gasteiger partial charge in [-0.3, -0.25) is 0 Å². The van der Waals surface area contributed by atoms with E-state index in [0.29, 0.717) is 5.46 Å². The molecule has 0 aromatic heterocycles. The van der Waals surface area contributed by atoms with Crippen LogP contribution in [0, 0.1) is 0 Å². The highest BCUT2D eigenvalue weighted by molar-refractivity contribution is 6.55. The Labute approximate surface area is 449 Å². The Hall–Kier alpha value is -0.875. The highest BCUT2D eigenvalue weighted by Crippen LogP contribution is 2.18. The molecule has 0 saturated heterocycles. The van der Waals surface area contributed by atoms with Gasteiger partial charge < -0.3 is 21.5 Å². The summed E-state index contributed by atoms with van der Waals surface area (Å²) in [6.07, 6.45) is 78.6. The van der Waals surface area contributed by atoms with Crippen molar-refractivity contribution < 1.29 is 21.5 Å². The molecule has 0 aliphatic carbocycles. The van der Waals surface area contributed by atoms with Crippen LogP contribution >= 0.6 is 0 Å². The van der Waals surface area contributed by atoms with Gasteiger partial charge in [0.05, 0.1) is 13.1 Å². The summed E-state index contributed by atoms with van der Waals surface area (Å²) in [5.74, 6) is 0. The Morgan fingerprint density at radius 2 is 0.423 bits per heavy atom. The third-order valence-electron chi connectivity index (χ3n) is 15.3. The van der Waals surface area contributed by atoms with Crippen LogP contribution < -0.4 is 27.0 Å². The smallest absolute Gasteiger partial charge is 0.0739 e. The van der Waals surface area contributed by atoms with E-state index >= 15 is 0 Å². The molecular weight excluding hydrogens is 864 g/mol. The van der Waals surface area contributed by atoms with Crippen molar-refractivity contribution in [3.05, 3.63) is 29.8 Å². The van der Waals surface area contributed by atoms with Gasteiger partial charge >= 0.3 is 0 Å². The van der Waals surface area contributed by atoms with Gasteiger partial charge in [0.15, 0.2) is 0 Å². The molecule has 0 unspecified atom stereocenters. The first kappa shape index (κ1) is 72.2.